The Labute approximate surface area is 122 Å². The summed E-state index contributed by atoms with van der Waals surface area (Å²) in [5.41, 5.74) is 1.19. The molecule has 2 unspecified atom stereocenters. The van der Waals surface area contributed by atoms with Crippen LogP contribution in [0.5, 0.6) is 0 Å². The number of hydrogen-bond donors (Lipinski definition) is 1. The molecule has 3 aromatic rings. The summed E-state index contributed by atoms with van der Waals surface area (Å²) in [6, 6.07) is 14.4. The SMILES string of the molecule is CC(NC(c1ccccc1)c1ccco1)c1nccs1. The minimum absolute atomic E-state index is 0.0325. The predicted octanol–water partition coefficient (Wildman–Crippen LogP) is 4.18. The van der Waals surface area contributed by atoms with Crippen LogP contribution in [0.1, 0.15) is 35.3 Å². The molecule has 0 saturated heterocycles. The summed E-state index contributed by atoms with van der Waals surface area (Å²) >= 11 is 1.66. The molecular weight excluding hydrogens is 268 g/mol. The van der Waals surface area contributed by atoms with Crippen LogP contribution in [0.15, 0.2) is 64.7 Å². The average molecular weight is 284 g/mol. The highest BCUT2D eigenvalue weighted by atomic mass is 32.1. The van der Waals surface area contributed by atoms with Crippen LogP contribution < -0.4 is 5.32 Å². The number of rotatable bonds is 5. The molecule has 0 aliphatic heterocycles. The van der Waals surface area contributed by atoms with E-state index in [-0.39, 0.29) is 12.1 Å². The van der Waals surface area contributed by atoms with Gasteiger partial charge >= 0.3 is 0 Å². The van der Waals surface area contributed by atoms with E-state index in [0.717, 1.165) is 10.8 Å². The van der Waals surface area contributed by atoms with E-state index in [2.05, 4.69) is 29.4 Å². The van der Waals surface area contributed by atoms with Crippen LogP contribution in [0.4, 0.5) is 0 Å². The smallest absolute Gasteiger partial charge is 0.125 e. The lowest BCUT2D eigenvalue weighted by Gasteiger charge is -2.21. The predicted molar refractivity (Wildman–Crippen MR) is 80.7 cm³/mol. The van der Waals surface area contributed by atoms with Gasteiger partial charge in [-0.25, -0.2) is 4.98 Å². The first-order valence-corrected chi connectivity index (χ1v) is 7.46. The van der Waals surface area contributed by atoms with Crippen molar-refractivity contribution in [3.05, 3.63) is 76.6 Å². The molecule has 0 fully saturated rings. The second kappa shape index (κ2) is 6.03. The second-order valence-corrected chi connectivity index (χ2v) is 5.54. The highest BCUT2D eigenvalue weighted by Gasteiger charge is 2.20. The second-order valence-electron chi connectivity index (χ2n) is 4.62. The molecule has 1 aromatic carbocycles. The fourth-order valence-corrected chi connectivity index (χ4v) is 2.87. The lowest BCUT2D eigenvalue weighted by molar-refractivity contribution is 0.419. The van der Waals surface area contributed by atoms with E-state index in [4.69, 9.17) is 4.42 Å². The zero-order valence-corrected chi connectivity index (χ0v) is 12.0. The Kier molecular flexibility index (Phi) is 3.95. The van der Waals surface area contributed by atoms with E-state index in [1.54, 1.807) is 17.6 Å². The van der Waals surface area contributed by atoms with Gasteiger partial charge in [0.05, 0.1) is 18.3 Å². The fourth-order valence-electron chi connectivity index (χ4n) is 2.21. The van der Waals surface area contributed by atoms with Gasteiger partial charge in [-0.3, -0.25) is 5.32 Å². The molecule has 102 valence electrons. The molecule has 1 N–H and O–H groups in total. The van der Waals surface area contributed by atoms with Crippen LogP contribution in [-0.4, -0.2) is 4.98 Å². The molecule has 0 aliphatic rings. The first-order chi connectivity index (χ1) is 9.84. The highest BCUT2D eigenvalue weighted by Crippen LogP contribution is 2.26. The van der Waals surface area contributed by atoms with Crippen LogP contribution in [0.3, 0.4) is 0 Å². The van der Waals surface area contributed by atoms with E-state index < -0.39 is 0 Å². The van der Waals surface area contributed by atoms with Crippen LogP contribution in [0.25, 0.3) is 0 Å². The van der Waals surface area contributed by atoms with Crippen LogP contribution in [0.2, 0.25) is 0 Å². The summed E-state index contributed by atoms with van der Waals surface area (Å²) in [4.78, 5) is 4.37. The third-order valence-electron chi connectivity index (χ3n) is 3.20. The fraction of sp³-hybridized carbons (Fsp3) is 0.188. The van der Waals surface area contributed by atoms with Crippen molar-refractivity contribution in [2.24, 2.45) is 0 Å². The highest BCUT2D eigenvalue weighted by molar-refractivity contribution is 7.09. The quantitative estimate of drug-likeness (QED) is 0.764. The Morgan fingerprint density at radius 3 is 2.65 bits per heavy atom. The average Bonchev–Trinajstić information content (AvgIpc) is 3.18. The maximum Gasteiger partial charge on any atom is 0.125 e. The van der Waals surface area contributed by atoms with Crippen molar-refractivity contribution in [3.8, 4) is 0 Å². The van der Waals surface area contributed by atoms with E-state index >= 15 is 0 Å². The lowest BCUT2D eigenvalue weighted by Crippen LogP contribution is -2.25. The van der Waals surface area contributed by atoms with E-state index in [9.17, 15) is 0 Å². The van der Waals surface area contributed by atoms with E-state index in [0.29, 0.717) is 0 Å². The molecule has 2 aromatic heterocycles. The van der Waals surface area contributed by atoms with Gasteiger partial charge in [-0.05, 0) is 24.6 Å². The summed E-state index contributed by atoms with van der Waals surface area (Å²) in [5, 5.41) is 6.67. The first kappa shape index (κ1) is 13.1. The Morgan fingerprint density at radius 2 is 2.00 bits per heavy atom. The van der Waals surface area contributed by atoms with Crippen molar-refractivity contribution in [3.63, 3.8) is 0 Å². The summed E-state index contributed by atoms with van der Waals surface area (Å²) < 4.78 is 5.59. The number of nitrogens with one attached hydrogen (secondary N) is 1. The van der Waals surface area contributed by atoms with Crippen molar-refractivity contribution < 1.29 is 4.42 Å². The summed E-state index contributed by atoms with van der Waals surface area (Å²) in [6.07, 6.45) is 3.55. The zero-order chi connectivity index (χ0) is 13.8. The topological polar surface area (TPSA) is 38.1 Å². The van der Waals surface area contributed by atoms with Crippen molar-refractivity contribution in [1.29, 1.82) is 0 Å². The van der Waals surface area contributed by atoms with Crippen LogP contribution in [-0.2, 0) is 0 Å². The van der Waals surface area contributed by atoms with Crippen LogP contribution >= 0.6 is 11.3 Å². The third kappa shape index (κ3) is 2.81. The zero-order valence-electron chi connectivity index (χ0n) is 11.2. The van der Waals surface area contributed by atoms with Gasteiger partial charge in [-0.1, -0.05) is 30.3 Å². The summed E-state index contributed by atoms with van der Waals surface area (Å²) in [5.74, 6) is 0.916. The minimum atomic E-state index is 0.0325. The molecule has 4 heteroatoms. The molecule has 0 aliphatic carbocycles. The number of aromatic nitrogens is 1. The third-order valence-corrected chi connectivity index (χ3v) is 4.16. The van der Waals surface area contributed by atoms with Gasteiger partial charge in [0.1, 0.15) is 10.8 Å². The number of thiazole rings is 1. The molecule has 0 amide bonds. The Morgan fingerprint density at radius 1 is 1.15 bits per heavy atom. The van der Waals surface area contributed by atoms with E-state index in [1.165, 1.54) is 5.56 Å². The molecule has 2 atom stereocenters. The lowest BCUT2D eigenvalue weighted by atomic mass is 10.0. The summed E-state index contributed by atoms with van der Waals surface area (Å²) in [7, 11) is 0. The van der Waals surface area contributed by atoms with E-state index in [1.807, 2.05) is 41.9 Å². The molecule has 0 bridgehead atoms. The normalized spacial score (nSPS) is 14.1. The van der Waals surface area contributed by atoms with Gasteiger partial charge < -0.3 is 4.42 Å². The van der Waals surface area contributed by atoms with Crippen LogP contribution in [0, 0.1) is 0 Å². The molecule has 0 radical (unpaired) electrons. The molecule has 3 nitrogen and oxygen atoms in total. The van der Waals surface area contributed by atoms with Gasteiger partial charge in [0.2, 0.25) is 0 Å². The number of nitrogens with zero attached hydrogens (tertiary/aromatic N) is 1. The monoisotopic (exact) mass is 284 g/mol. The molecule has 20 heavy (non-hydrogen) atoms. The first-order valence-electron chi connectivity index (χ1n) is 6.58. The van der Waals surface area contributed by atoms with Gasteiger partial charge in [0, 0.05) is 11.6 Å². The van der Waals surface area contributed by atoms with Crippen molar-refractivity contribution >= 4 is 11.3 Å². The maximum atomic E-state index is 5.59. The Hall–Kier alpha value is -1.91. The number of hydrogen-bond acceptors (Lipinski definition) is 4. The largest absolute Gasteiger partial charge is 0.467 e. The minimum Gasteiger partial charge on any atom is -0.467 e. The molecule has 0 saturated carbocycles. The molecule has 2 heterocycles. The van der Waals surface area contributed by atoms with Crippen molar-refractivity contribution in [2.75, 3.05) is 0 Å². The van der Waals surface area contributed by atoms with Gasteiger partial charge in [-0.2, -0.15) is 0 Å². The Balaban J connectivity index is 1.87. The maximum absolute atomic E-state index is 5.59. The molecule has 3 rings (SSSR count). The van der Waals surface area contributed by atoms with Crippen molar-refractivity contribution in [1.82, 2.24) is 10.3 Å². The van der Waals surface area contributed by atoms with Crippen molar-refractivity contribution in [2.45, 2.75) is 19.0 Å². The van der Waals surface area contributed by atoms with Gasteiger partial charge in [0.15, 0.2) is 0 Å². The van der Waals surface area contributed by atoms with Gasteiger partial charge in [0.25, 0.3) is 0 Å². The molecule has 0 spiro atoms. The number of furan rings is 1. The van der Waals surface area contributed by atoms with Gasteiger partial charge in [-0.15, -0.1) is 11.3 Å². The standard InChI is InChI=1S/C16H16N2OS/c1-12(16-17-9-11-20-16)18-15(14-8-5-10-19-14)13-6-3-2-4-7-13/h2-12,15,18H,1H3. The Bertz CT molecular complexity index is 620. The number of benzene rings is 1. The molecular formula is C16H16N2OS. The summed E-state index contributed by atoms with van der Waals surface area (Å²) in [6.45, 7) is 2.12.